The quantitative estimate of drug-likeness (QED) is 0.848. The maximum Gasteiger partial charge on any atom is 0.272 e. The van der Waals surface area contributed by atoms with Crippen LogP contribution < -0.4 is 4.90 Å². The predicted molar refractivity (Wildman–Crippen MR) is 82.1 cm³/mol. The van der Waals surface area contributed by atoms with Gasteiger partial charge < -0.3 is 9.80 Å². The normalized spacial score (nSPS) is 18.9. The van der Waals surface area contributed by atoms with E-state index in [4.69, 9.17) is 0 Å². The zero-order valence-corrected chi connectivity index (χ0v) is 12.8. The van der Waals surface area contributed by atoms with Crippen LogP contribution in [-0.4, -0.2) is 42.0 Å². The fourth-order valence-corrected chi connectivity index (χ4v) is 2.83. The molecule has 1 aromatic rings. The zero-order chi connectivity index (χ0) is 14.5. The van der Waals surface area contributed by atoms with Crippen LogP contribution in [0.25, 0.3) is 0 Å². The number of carbonyl (C=O) groups is 1. The fourth-order valence-electron chi connectivity index (χ4n) is 2.83. The van der Waals surface area contributed by atoms with Gasteiger partial charge in [-0.1, -0.05) is 6.92 Å². The van der Waals surface area contributed by atoms with E-state index in [0.717, 1.165) is 37.8 Å². The van der Waals surface area contributed by atoms with Crippen molar-refractivity contribution >= 4 is 11.6 Å². The van der Waals surface area contributed by atoms with Crippen LogP contribution in [0.3, 0.4) is 0 Å². The van der Waals surface area contributed by atoms with Crippen molar-refractivity contribution in [3.05, 3.63) is 24.0 Å². The molecule has 4 heteroatoms. The van der Waals surface area contributed by atoms with E-state index in [1.165, 1.54) is 12.8 Å². The Kier molecular flexibility index (Phi) is 4.99. The van der Waals surface area contributed by atoms with Gasteiger partial charge in [0.1, 0.15) is 5.69 Å². The van der Waals surface area contributed by atoms with Gasteiger partial charge in [-0.15, -0.1) is 0 Å². The largest absolute Gasteiger partial charge is 0.371 e. The Hall–Kier alpha value is -1.58. The van der Waals surface area contributed by atoms with E-state index in [1.807, 2.05) is 30.9 Å². The summed E-state index contributed by atoms with van der Waals surface area (Å²) in [7, 11) is 0. The lowest BCUT2D eigenvalue weighted by atomic mass is 10.00. The van der Waals surface area contributed by atoms with Gasteiger partial charge in [-0.2, -0.15) is 0 Å². The number of rotatable bonds is 4. The van der Waals surface area contributed by atoms with E-state index >= 15 is 0 Å². The van der Waals surface area contributed by atoms with E-state index in [1.54, 1.807) is 6.20 Å². The van der Waals surface area contributed by atoms with Crippen molar-refractivity contribution in [1.82, 2.24) is 9.88 Å². The maximum atomic E-state index is 12.4. The average molecular weight is 275 g/mol. The molecule has 0 radical (unpaired) electrons. The third kappa shape index (κ3) is 3.30. The molecule has 1 amide bonds. The molecule has 0 N–H and O–H groups in total. The molecule has 1 saturated heterocycles. The topological polar surface area (TPSA) is 36.4 Å². The molecule has 1 unspecified atom stereocenters. The van der Waals surface area contributed by atoms with Crippen molar-refractivity contribution in [1.29, 1.82) is 0 Å². The van der Waals surface area contributed by atoms with Gasteiger partial charge in [0.05, 0.1) is 0 Å². The van der Waals surface area contributed by atoms with Crippen LogP contribution in [0.15, 0.2) is 18.3 Å². The van der Waals surface area contributed by atoms with E-state index in [0.29, 0.717) is 5.69 Å². The SMILES string of the molecule is CCN(CC)C(=O)c1cc(N2CCCC(C)C2)ccn1. The Labute approximate surface area is 121 Å². The first-order valence-electron chi connectivity index (χ1n) is 7.66. The van der Waals surface area contributed by atoms with Crippen LogP contribution in [0.4, 0.5) is 5.69 Å². The molecule has 0 aliphatic carbocycles. The molecule has 2 heterocycles. The molecule has 0 spiro atoms. The Bertz CT molecular complexity index is 457. The summed E-state index contributed by atoms with van der Waals surface area (Å²) in [5.41, 5.74) is 1.69. The Morgan fingerprint density at radius 3 is 2.85 bits per heavy atom. The van der Waals surface area contributed by atoms with E-state index in [2.05, 4.69) is 16.8 Å². The van der Waals surface area contributed by atoms with Crippen molar-refractivity contribution in [3.63, 3.8) is 0 Å². The van der Waals surface area contributed by atoms with Crippen molar-refractivity contribution in [2.45, 2.75) is 33.6 Å². The Balaban J connectivity index is 2.17. The molecule has 110 valence electrons. The standard InChI is InChI=1S/C16H25N3O/c1-4-18(5-2)16(20)15-11-14(8-9-17-15)19-10-6-7-13(3)12-19/h8-9,11,13H,4-7,10,12H2,1-3H3. The highest BCUT2D eigenvalue weighted by Crippen LogP contribution is 2.23. The third-order valence-corrected chi connectivity index (χ3v) is 4.04. The summed E-state index contributed by atoms with van der Waals surface area (Å²) in [5.74, 6) is 0.751. The third-order valence-electron chi connectivity index (χ3n) is 4.04. The molecule has 1 fully saturated rings. The van der Waals surface area contributed by atoms with Gasteiger partial charge in [0.25, 0.3) is 5.91 Å². The molecule has 1 aromatic heterocycles. The first-order chi connectivity index (χ1) is 9.65. The van der Waals surface area contributed by atoms with Gasteiger partial charge in [-0.25, -0.2) is 0 Å². The summed E-state index contributed by atoms with van der Waals surface area (Å²) >= 11 is 0. The number of pyridine rings is 1. The fraction of sp³-hybridized carbons (Fsp3) is 0.625. The number of amides is 1. The highest BCUT2D eigenvalue weighted by atomic mass is 16.2. The highest BCUT2D eigenvalue weighted by Gasteiger charge is 2.19. The molecule has 2 rings (SSSR count). The molecule has 0 bridgehead atoms. The first-order valence-corrected chi connectivity index (χ1v) is 7.66. The van der Waals surface area contributed by atoms with Crippen molar-refractivity contribution in [3.8, 4) is 0 Å². The predicted octanol–water partition coefficient (Wildman–Crippen LogP) is 2.80. The lowest BCUT2D eigenvalue weighted by Gasteiger charge is -2.33. The summed E-state index contributed by atoms with van der Waals surface area (Å²) in [6, 6.07) is 3.95. The minimum atomic E-state index is 0.0295. The minimum absolute atomic E-state index is 0.0295. The molecular weight excluding hydrogens is 250 g/mol. The van der Waals surface area contributed by atoms with Gasteiger partial charge in [0.2, 0.25) is 0 Å². The molecule has 1 atom stereocenters. The van der Waals surface area contributed by atoms with Gasteiger partial charge in [-0.3, -0.25) is 9.78 Å². The molecule has 4 nitrogen and oxygen atoms in total. The number of hydrogen-bond acceptors (Lipinski definition) is 3. The number of nitrogens with zero attached hydrogens (tertiary/aromatic N) is 3. The molecule has 1 aliphatic heterocycles. The number of hydrogen-bond donors (Lipinski definition) is 0. The van der Waals surface area contributed by atoms with Crippen LogP contribution in [0.5, 0.6) is 0 Å². The number of aromatic nitrogens is 1. The molecule has 20 heavy (non-hydrogen) atoms. The second kappa shape index (κ2) is 6.73. The van der Waals surface area contributed by atoms with Gasteiger partial charge >= 0.3 is 0 Å². The second-order valence-corrected chi connectivity index (χ2v) is 5.57. The number of piperidine rings is 1. The first kappa shape index (κ1) is 14.8. The smallest absolute Gasteiger partial charge is 0.272 e. The molecule has 0 aromatic carbocycles. The molecule has 1 aliphatic rings. The lowest BCUT2D eigenvalue weighted by Crippen LogP contribution is -2.35. The summed E-state index contributed by atoms with van der Waals surface area (Å²) < 4.78 is 0. The number of anilines is 1. The van der Waals surface area contributed by atoms with E-state index in [9.17, 15) is 4.79 Å². The van der Waals surface area contributed by atoms with E-state index in [-0.39, 0.29) is 5.91 Å². The summed E-state index contributed by atoms with van der Waals surface area (Å²) in [6.07, 6.45) is 4.28. The van der Waals surface area contributed by atoms with Crippen LogP contribution in [0.2, 0.25) is 0 Å². The zero-order valence-electron chi connectivity index (χ0n) is 12.8. The molecular formula is C16H25N3O. The van der Waals surface area contributed by atoms with E-state index < -0.39 is 0 Å². The number of carbonyl (C=O) groups excluding carboxylic acids is 1. The maximum absolute atomic E-state index is 12.4. The van der Waals surface area contributed by atoms with Crippen molar-refractivity contribution in [2.24, 2.45) is 5.92 Å². The van der Waals surface area contributed by atoms with Crippen LogP contribution >= 0.6 is 0 Å². The Morgan fingerprint density at radius 2 is 2.20 bits per heavy atom. The van der Waals surface area contributed by atoms with Crippen LogP contribution in [0, 0.1) is 5.92 Å². The molecule has 0 saturated carbocycles. The summed E-state index contributed by atoms with van der Waals surface area (Å²) in [6.45, 7) is 9.88. The Morgan fingerprint density at radius 1 is 1.45 bits per heavy atom. The minimum Gasteiger partial charge on any atom is -0.371 e. The van der Waals surface area contributed by atoms with Gasteiger partial charge in [0.15, 0.2) is 0 Å². The van der Waals surface area contributed by atoms with Gasteiger partial charge in [-0.05, 0) is 44.7 Å². The second-order valence-electron chi connectivity index (χ2n) is 5.57. The van der Waals surface area contributed by atoms with Crippen molar-refractivity contribution < 1.29 is 4.79 Å². The highest BCUT2D eigenvalue weighted by molar-refractivity contribution is 5.93. The van der Waals surface area contributed by atoms with Gasteiger partial charge in [0, 0.05) is 38.1 Å². The van der Waals surface area contributed by atoms with Crippen molar-refractivity contribution in [2.75, 3.05) is 31.1 Å². The average Bonchev–Trinajstić information content (AvgIpc) is 2.48. The monoisotopic (exact) mass is 275 g/mol. The summed E-state index contributed by atoms with van der Waals surface area (Å²) in [5, 5.41) is 0. The summed E-state index contributed by atoms with van der Waals surface area (Å²) in [4.78, 5) is 20.8. The van der Waals surface area contributed by atoms with Crippen LogP contribution in [-0.2, 0) is 0 Å². The lowest BCUT2D eigenvalue weighted by molar-refractivity contribution is 0.0767. The van der Waals surface area contributed by atoms with Crippen LogP contribution in [0.1, 0.15) is 44.1 Å².